The third-order valence-corrected chi connectivity index (χ3v) is 7.02. The van der Waals surface area contributed by atoms with E-state index in [0.717, 1.165) is 14.9 Å². The lowest BCUT2D eigenvalue weighted by atomic mass is 10.2. The number of amides is 2. The van der Waals surface area contributed by atoms with Crippen molar-refractivity contribution in [3.8, 4) is 0 Å². The number of nitrogens with zero attached hydrogens (tertiary/aromatic N) is 4. The number of carbonyl (C=O) groups is 1. The summed E-state index contributed by atoms with van der Waals surface area (Å²) in [5.74, 6) is 0.212. The van der Waals surface area contributed by atoms with Crippen LogP contribution >= 0.6 is 22.6 Å². The summed E-state index contributed by atoms with van der Waals surface area (Å²) >= 11 is 2.21. The van der Waals surface area contributed by atoms with Crippen LogP contribution in [-0.4, -0.2) is 55.5 Å². The summed E-state index contributed by atoms with van der Waals surface area (Å²) in [6.45, 7) is 2.46. The Morgan fingerprint density at radius 3 is 2.41 bits per heavy atom. The number of sulfonamides is 1. The smallest absolute Gasteiger partial charge is 0.321 e. The Hall–Kier alpha value is -2.93. The highest BCUT2D eigenvalue weighted by molar-refractivity contribution is 14.1. The molecule has 1 aliphatic heterocycles. The molecule has 1 saturated heterocycles. The average Bonchev–Trinajstić information content (AvgIpc) is 2.80. The summed E-state index contributed by atoms with van der Waals surface area (Å²) in [5, 5.41) is 2.93. The van der Waals surface area contributed by atoms with Crippen LogP contribution in [0.3, 0.4) is 0 Å². The van der Waals surface area contributed by atoms with Gasteiger partial charge in [-0.3, -0.25) is 4.72 Å². The van der Waals surface area contributed by atoms with E-state index < -0.39 is 10.0 Å². The largest absolute Gasteiger partial charge is 0.368 e. The summed E-state index contributed by atoms with van der Waals surface area (Å²) in [5.41, 5.74) is 1.68. The number of halogens is 1. The van der Waals surface area contributed by atoms with E-state index in [9.17, 15) is 13.2 Å². The van der Waals surface area contributed by atoms with E-state index >= 15 is 0 Å². The van der Waals surface area contributed by atoms with Crippen molar-refractivity contribution in [3.63, 3.8) is 0 Å². The number of piperazine rings is 1. The maximum Gasteiger partial charge on any atom is 0.321 e. The number of anilines is 3. The molecule has 3 aromatic rings. The van der Waals surface area contributed by atoms with Crippen molar-refractivity contribution in [2.75, 3.05) is 41.1 Å². The van der Waals surface area contributed by atoms with Crippen LogP contribution in [0.4, 0.5) is 22.0 Å². The number of rotatable bonds is 5. The summed E-state index contributed by atoms with van der Waals surface area (Å²) in [6.07, 6.45) is 2.75. The SMILES string of the molecule is O=C(Nc1cccc(I)c1)N1CCN(c2ccc(S(=O)(=O)Nc3ccncn3)cc2)CC1. The van der Waals surface area contributed by atoms with E-state index in [1.54, 1.807) is 29.2 Å². The molecule has 166 valence electrons. The molecule has 11 heteroatoms. The molecule has 2 N–H and O–H groups in total. The van der Waals surface area contributed by atoms with E-state index in [0.29, 0.717) is 26.2 Å². The summed E-state index contributed by atoms with van der Waals surface area (Å²) in [4.78, 5) is 24.3. The number of carbonyl (C=O) groups excluding carboxylic acids is 1. The number of benzene rings is 2. The van der Waals surface area contributed by atoms with Crippen molar-refractivity contribution in [1.29, 1.82) is 0 Å². The van der Waals surface area contributed by atoms with Crippen molar-refractivity contribution in [1.82, 2.24) is 14.9 Å². The van der Waals surface area contributed by atoms with Gasteiger partial charge in [-0.15, -0.1) is 0 Å². The lowest BCUT2D eigenvalue weighted by molar-refractivity contribution is 0.208. The zero-order valence-electron chi connectivity index (χ0n) is 17.0. The molecular weight excluding hydrogens is 543 g/mol. The normalized spacial score (nSPS) is 14.2. The minimum absolute atomic E-state index is 0.121. The third-order valence-electron chi connectivity index (χ3n) is 4.98. The van der Waals surface area contributed by atoms with Crippen LogP contribution in [0, 0.1) is 3.57 Å². The number of aromatic nitrogens is 2. The van der Waals surface area contributed by atoms with Crippen LogP contribution in [0.25, 0.3) is 0 Å². The Bertz CT molecular complexity index is 1180. The van der Waals surface area contributed by atoms with Gasteiger partial charge >= 0.3 is 6.03 Å². The molecular formula is C21H21IN6O3S. The fraction of sp³-hybridized carbons (Fsp3) is 0.190. The molecule has 0 radical (unpaired) electrons. The van der Waals surface area contributed by atoms with Gasteiger partial charge in [-0.1, -0.05) is 6.07 Å². The number of urea groups is 1. The minimum atomic E-state index is -3.73. The molecule has 2 heterocycles. The molecule has 1 fully saturated rings. The van der Waals surface area contributed by atoms with Crippen LogP contribution in [0.1, 0.15) is 0 Å². The molecule has 2 amide bonds. The summed E-state index contributed by atoms with van der Waals surface area (Å²) in [7, 11) is -3.73. The van der Waals surface area contributed by atoms with Crippen LogP contribution in [0.15, 0.2) is 72.0 Å². The van der Waals surface area contributed by atoms with Crippen molar-refractivity contribution >= 4 is 55.8 Å². The molecule has 0 unspecified atom stereocenters. The first-order chi connectivity index (χ1) is 15.4. The highest BCUT2D eigenvalue weighted by atomic mass is 127. The molecule has 0 atom stereocenters. The zero-order chi connectivity index (χ0) is 22.6. The fourth-order valence-corrected chi connectivity index (χ4v) is 4.87. The minimum Gasteiger partial charge on any atom is -0.368 e. The maximum atomic E-state index is 12.5. The fourth-order valence-electron chi connectivity index (χ4n) is 3.32. The number of nitrogens with one attached hydrogen (secondary N) is 2. The second-order valence-corrected chi connectivity index (χ2v) is 10.0. The lowest BCUT2D eigenvalue weighted by Gasteiger charge is -2.36. The molecule has 2 aromatic carbocycles. The van der Waals surface area contributed by atoms with Crippen LogP contribution in [0.5, 0.6) is 0 Å². The van der Waals surface area contributed by atoms with Gasteiger partial charge in [0, 0.05) is 47.3 Å². The lowest BCUT2D eigenvalue weighted by Crippen LogP contribution is -2.50. The first kappa shape index (κ1) is 22.3. The Morgan fingerprint density at radius 1 is 1.00 bits per heavy atom. The Labute approximate surface area is 200 Å². The Kier molecular flexibility index (Phi) is 6.74. The van der Waals surface area contributed by atoms with Crippen LogP contribution in [-0.2, 0) is 10.0 Å². The molecule has 32 heavy (non-hydrogen) atoms. The molecule has 9 nitrogen and oxygen atoms in total. The highest BCUT2D eigenvalue weighted by Gasteiger charge is 2.22. The Balaban J connectivity index is 1.34. The quantitative estimate of drug-likeness (QED) is 0.461. The second-order valence-electron chi connectivity index (χ2n) is 7.11. The van der Waals surface area contributed by atoms with Crippen LogP contribution in [0.2, 0.25) is 0 Å². The van der Waals surface area contributed by atoms with Gasteiger partial charge in [0.05, 0.1) is 4.90 Å². The van der Waals surface area contributed by atoms with Gasteiger partial charge in [-0.2, -0.15) is 0 Å². The van der Waals surface area contributed by atoms with E-state index in [1.807, 2.05) is 24.3 Å². The van der Waals surface area contributed by atoms with Crippen molar-refractivity contribution in [2.45, 2.75) is 4.90 Å². The van der Waals surface area contributed by atoms with Gasteiger partial charge in [0.15, 0.2) is 0 Å². The van der Waals surface area contributed by atoms with Crippen LogP contribution < -0.4 is 14.9 Å². The highest BCUT2D eigenvalue weighted by Crippen LogP contribution is 2.21. The van der Waals surface area contributed by atoms with E-state index in [1.165, 1.54) is 18.6 Å². The predicted octanol–water partition coefficient (Wildman–Crippen LogP) is 3.24. The van der Waals surface area contributed by atoms with Gasteiger partial charge < -0.3 is 15.1 Å². The zero-order valence-corrected chi connectivity index (χ0v) is 20.0. The summed E-state index contributed by atoms with van der Waals surface area (Å²) in [6, 6.07) is 15.7. The third kappa shape index (κ3) is 5.46. The van der Waals surface area contributed by atoms with Gasteiger partial charge in [0.2, 0.25) is 0 Å². The van der Waals surface area contributed by atoms with Gasteiger partial charge in [0.25, 0.3) is 10.0 Å². The molecule has 1 aliphatic rings. The predicted molar refractivity (Wildman–Crippen MR) is 131 cm³/mol. The second kappa shape index (κ2) is 9.69. The van der Waals surface area contributed by atoms with Crippen molar-refractivity contribution < 1.29 is 13.2 Å². The number of hydrogen-bond acceptors (Lipinski definition) is 6. The standard InChI is InChI=1S/C21H21IN6O3S/c22-16-2-1-3-17(14-16)25-21(29)28-12-10-27(11-13-28)18-4-6-19(7-5-18)32(30,31)26-20-8-9-23-15-24-20/h1-9,14-15H,10-13H2,(H,25,29)(H,23,24,26). The molecule has 0 bridgehead atoms. The topological polar surface area (TPSA) is 108 Å². The monoisotopic (exact) mass is 564 g/mol. The average molecular weight is 564 g/mol. The van der Waals surface area contributed by atoms with Gasteiger partial charge in [-0.05, 0) is 71.1 Å². The van der Waals surface area contributed by atoms with Gasteiger partial charge in [-0.25, -0.2) is 23.2 Å². The molecule has 0 spiro atoms. The summed E-state index contributed by atoms with van der Waals surface area (Å²) < 4.78 is 28.6. The van der Waals surface area contributed by atoms with Crippen molar-refractivity contribution in [2.24, 2.45) is 0 Å². The van der Waals surface area contributed by atoms with Crippen molar-refractivity contribution in [3.05, 3.63) is 70.7 Å². The Morgan fingerprint density at radius 2 is 1.75 bits per heavy atom. The van der Waals surface area contributed by atoms with E-state index in [4.69, 9.17) is 0 Å². The van der Waals surface area contributed by atoms with E-state index in [2.05, 4.69) is 47.5 Å². The maximum absolute atomic E-state index is 12.5. The molecule has 0 aliphatic carbocycles. The van der Waals surface area contributed by atoms with Gasteiger partial charge in [0.1, 0.15) is 12.1 Å². The molecule has 0 saturated carbocycles. The van der Waals surface area contributed by atoms with E-state index in [-0.39, 0.29) is 16.7 Å². The first-order valence-corrected chi connectivity index (χ1v) is 12.4. The first-order valence-electron chi connectivity index (χ1n) is 9.86. The molecule has 4 rings (SSSR count). The number of hydrogen-bond donors (Lipinski definition) is 2. The molecule has 1 aromatic heterocycles.